The number of aromatic nitrogens is 2. The lowest BCUT2D eigenvalue weighted by Crippen LogP contribution is -2.20. The van der Waals surface area contributed by atoms with Gasteiger partial charge in [0.1, 0.15) is 5.82 Å². The molecular weight excluding hydrogens is 368 g/mol. The standard InChI is InChI=1S/C23H26N4.ClH/c1-16-10-4-7-13-19(16)24-23-25-20-14-8-6-12-18(20)22(26-23)27(3)21-15-9-5-11-17(21)2;/h4-5,7,9-11,13,15H,6,8,12,14H2,1-3H3,(H,24,25,26);1H. The van der Waals surface area contributed by atoms with Crippen molar-refractivity contribution < 1.29 is 0 Å². The van der Waals surface area contributed by atoms with E-state index in [0.29, 0.717) is 5.95 Å². The van der Waals surface area contributed by atoms with Crippen LogP contribution in [-0.4, -0.2) is 17.0 Å². The van der Waals surface area contributed by atoms with Crippen LogP contribution in [0.25, 0.3) is 0 Å². The summed E-state index contributed by atoms with van der Waals surface area (Å²) in [6.45, 7) is 4.24. The number of para-hydroxylation sites is 2. The van der Waals surface area contributed by atoms with Gasteiger partial charge in [0.2, 0.25) is 5.95 Å². The second-order valence-corrected chi connectivity index (χ2v) is 7.29. The third-order valence-electron chi connectivity index (χ3n) is 5.35. The molecule has 1 aromatic heterocycles. The summed E-state index contributed by atoms with van der Waals surface area (Å²) >= 11 is 0. The summed E-state index contributed by atoms with van der Waals surface area (Å²) in [7, 11) is 2.11. The van der Waals surface area contributed by atoms with Crippen LogP contribution in [0.5, 0.6) is 0 Å². The highest BCUT2D eigenvalue weighted by Crippen LogP contribution is 2.34. The molecule has 0 radical (unpaired) electrons. The van der Waals surface area contributed by atoms with E-state index in [0.717, 1.165) is 24.3 Å². The molecule has 1 aliphatic carbocycles. The minimum Gasteiger partial charge on any atom is -0.329 e. The van der Waals surface area contributed by atoms with Gasteiger partial charge in [0, 0.05) is 24.0 Å². The average molecular weight is 395 g/mol. The van der Waals surface area contributed by atoms with Crippen LogP contribution >= 0.6 is 12.4 Å². The third kappa shape index (κ3) is 3.97. The van der Waals surface area contributed by atoms with Gasteiger partial charge in [0.05, 0.1) is 5.69 Å². The van der Waals surface area contributed by atoms with E-state index in [1.165, 1.54) is 40.9 Å². The molecule has 146 valence electrons. The van der Waals surface area contributed by atoms with Gasteiger partial charge in [-0.05, 0) is 62.8 Å². The summed E-state index contributed by atoms with van der Waals surface area (Å²) in [5.74, 6) is 1.70. The van der Waals surface area contributed by atoms with Crippen LogP contribution in [0, 0.1) is 13.8 Å². The molecule has 1 aliphatic rings. The molecule has 0 saturated heterocycles. The molecule has 0 bridgehead atoms. The van der Waals surface area contributed by atoms with Crippen molar-refractivity contribution in [3.05, 3.63) is 70.9 Å². The van der Waals surface area contributed by atoms with E-state index in [4.69, 9.17) is 9.97 Å². The Balaban J connectivity index is 0.00000225. The maximum Gasteiger partial charge on any atom is 0.229 e. The molecule has 5 heteroatoms. The van der Waals surface area contributed by atoms with Crippen molar-refractivity contribution in [2.75, 3.05) is 17.3 Å². The minimum absolute atomic E-state index is 0. The Labute approximate surface area is 173 Å². The zero-order valence-corrected chi connectivity index (χ0v) is 17.5. The smallest absolute Gasteiger partial charge is 0.229 e. The van der Waals surface area contributed by atoms with E-state index < -0.39 is 0 Å². The maximum absolute atomic E-state index is 4.94. The van der Waals surface area contributed by atoms with Gasteiger partial charge >= 0.3 is 0 Å². The van der Waals surface area contributed by atoms with Gasteiger partial charge in [-0.1, -0.05) is 36.4 Å². The lowest BCUT2D eigenvalue weighted by Gasteiger charge is -2.27. The number of nitrogens with one attached hydrogen (secondary N) is 1. The molecule has 28 heavy (non-hydrogen) atoms. The monoisotopic (exact) mass is 394 g/mol. The van der Waals surface area contributed by atoms with Crippen molar-refractivity contribution >= 4 is 35.5 Å². The topological polar surface area (TPSA) is 41.1 Å². The first-order valence-electron chi connectivity index (χ1n) is 9.65. The van der Waals surface area contributed by atoms with Gasteiger partial charge in [-0.2, -0.15) is 4.98 Å². The molecule has 3 aromatic rings. The normalized spacial score (nSPS) is 12.7. The molecule has 0 spiro atoms. The van der Waals surface area contributed by atoms with Gasteiger partial charge in [0.15, 0.2) is 0 Å². The molecule has 0 saturated carbocycles. The molecule has 0 unspecified atom stereocenters. The fourth-order valence-corrected chi connectivity index (χ4v) is 3.80. The van der Waals surface area contributed by atoms with Crippen LogP contribution in [0.1, 0.15) is 35.2 Å². The van der Waals surface area contributed by atoms with E-state index in [-0.39, 0.29) is 12.4 Å². The number of nitrogens with zero attached hydrogens (tertiary/aromatic N) is 3. The van der Waals surface area contributed by atoms with Crippen molar-refractivity contribution in [1.82, 2.24) is 9.97 Å². The van der Waals surface area contributed by atoms with E-state index in [1.54, 1.807) is 0 Å². The minimum atomic E-state index is 0. The first-order valence-corrected chi connectivity index (χ1v) is 9.65. The quantitative estimate of drug-likeness (QED) is 0.597. The molecule has 4 nitrogen and oxygen atoms in total. The van der Waals surface area contributed by atoms with Gasteiger partial charge < -0.3 is 10.2 Å². The fourth-order valence-electron chi connectivity index (χ4n) is 3.80. The van der Waals surface area contributed by atoms with Crippen LogP contribution < -0.4 is 10.2 Å². The predicted molar refractivity (Wildman–Crippen MR) is 120 cm³/mol. The second-order valence-electron chi connectivity index (χ2n) is 7.29. The molecule has 1 heterocycles. The van der Waals surface area contributed by atoms with Crippen molar-refractivity contribution in [2.24, 2.45) is 0 Å². The Morgan fingerprint density at radius 2 is 1.54 bits per heavy atom. The summed E-state index contributed by atoms with van der Waals surface area (Å²) in [4.78, 5) is 12.0. The second kappa shape index (κ2) is 8.61. The summed E-state index contributed by atoms with van der Waals surface area (Å²) in [5.41, 5.74) is 7.15. The van der Waals surface area contributed by atoms with Crippen LogP contribution in [0.15, 0.2) is 48.5 Å². The third-order valence-corrected chi connectivity index (χ3v) is 5.35. The number of hydrogen-bond donors (Lipinski definition) is 1. The molecule has 0 fully saturated rings. The maximum atomic E-state index is 4.94. The number of benzene rings is 2. The zero-order chi connectivity index (χ0) is 18.8. The largest absolute Gasteiger partial charge is 0.329 e. The number of anilines is 4. The van der Waals surface area contributed by atoms with Crippen LogP contribution in [0.3, 0.4) is 0 Å². The number of hydrogen-bond acceptors (Lipinski definition) is 4. The highest BCUT2D eigenvalue weighted by molar-refractivity contribution is 5.85. The van der Waals surface area contributed by atoms with Gasteiger partial charge in [0.25, 0.3) is 0 Å². The zero-order valence-electron chi connectivity index (χ0n) is 16.7. The fraction of sp³-hybridized carbons (Fsp3) is 0.304. The van der Waals surface area contributed by atoms with E-state index in [1.807, 2.05) is 12.1 Å². The number of aryl methyl sites for hydroxylation is 3. The van der Waals surface area contributed by atoms with Gasteiger partial charge in [-0.3, -0.25) is 0 Å². The average Bonchev–Trinajstić information content (AvgIpc) is 2.69. The number of halogens is 1. The Morgan fingerprint density at radius 1 is 0.857 bits per heavy atom. The molecule has 0 aliphatic heterocycles. The highest BCUT2D eigenvalue weighted by Gasteiger charge is 2.21. The molecule has 1 N–H and O–H groups in total. The predicted octanol–water partition coefficient (Wildman–Crippen LogP) is 5.91. The van der Waals surface area contributed by atoms with Crippen LogP contribution in [0.4, 0.5) is 23.1 Å². The molecular formula is C23H27ClN4. The van der Waals surface area contributed by atoms with Crippen LogP contribution in [0.2, 0.25) is 0 Å². The van der Waals surface area contributed by atoms with Gasteiger partial charge in [-0.15, -0.1) is 12.4 Å². The van der Waals surface area contributed by atoms with Crippen molar-refractivity contribution in [1.29, 1.82) is 0 Å². The SMILES string of the molecule is Cc1ccccc1Nc1nc2c(c(N(C)c3ccccc3C)n1)CCCC2.Cl. The van der Waals surface area contributed by atoms with E-state index in [2.05, 4.69) is 67.5 Å². The Kier molecular flexibility index (Phi) is 6.20. The molecule has 0 atom stereocenters. The van der Waals surface area contributed by atoms with Crippen LogP contribution in [-0.2, 0) is 12.8 Å². The molecule has 0 amide bonds. The van der Waals surface area contributed by atoms with Crippen molar-refractivity contribution in [2.45, 2.75) is 39.5 Å². The first-order chi connectivity index (χ1) is 13.1. The lowest BCUT2D eigenvalue weighted by atomic mass is 9.96. The van der Waals surface area contributed by atoms with E-state index >= 15 is 0 Å². The molecule has 4 rings (SSSR count). The Morgan fingerprint density at radius 3 is 2.29 bits per heavy atom. The molecule has 2 aromatic carbocycles. The summed E-state index contributed by atoms with van der Waals surface area (Å²) in [6.07, 6.45) is 4.47. The Bertz CT molecular complexity index is 971. The van der Waals surface area contributed by atoms with Crippen molar-refractivity contribution in [3.8, 4) is 0 Å². The number of rotatable bonds is 4. The van der Waals surface area contributed by atoms with E-state index in [9.17, 15) is 0 Å². The first kappa shape index (κ1) is 20.2. The summed E-state index contributed by atoms with van der Waals surface area (Å²) in [5, 5.41) is 3.43. The van der Waals surface area contributed by atoms with Crippen molar-refractivity contribution in [3.63, 3.8) is 0 Å². The van der Waals surface area contributed by atoms with Gasteiger partial charge in [-0.25, -0.2) is 4.98 Å². The number of fused-ring (bicyclic) bond motifs is 1. The highest BCUT2D eigenvalue weighted by atomic mass is 35.5. The summed E-state index contributed by atoms with van der Waals surface area (Å²) < 4.78 is 0. The Hall–Kier alpha value is -2.59. The lowest BCUT2D eigenvalue weighted by molar-refractivity contribution is 0.663. The summed E-state index contributed by atoms with van der Waals surface area (Å²) in [6, 6.07) is 16.7.